The van der Waals surface area contributed by atoms with E-state index >= 15 is 0 Å². The molecule has 0 bridgehead atoms. The predicted molar refractivity (Wildman–Crippen MR) is 73.5 cm³/mol. The standard InChI is InChI=1S/C14H31NO2/c1-5-9-16-13(7-3)11-15-12-14(8-4)17-10-6-2/h13-15H,5-12H2,1-4H3. The highest BCUT2D eigenvalue weighted by Crippen LogP contribution is 2.00. The molecule has 0 aliphatic heterocycles. The van der Waals surface area contributed by atoms with Gasteiger partial charge in [0.2, 0.25) is 0 Å². The van der Waals surface area contributed by atoms with Gasteiger partial charge in [0.1, 0.15) is 0 Å². The van der Waals surface area contributed by atoms with Gasteiger partial charge in [0, 0.05) is 26.3 Å². The van der Waals surface area contributed by atoms with E-state index in [1.807, 2.05) is 0 Å². The zero-order valence-corrected chi connectivity index (χ0v) is 12.1. The Balaban J connectivity index is 3.61. The number of nitrogens with one attached hydrogen (secondary N) is 1. The quantitative estimate of drug-likeness (QED) is 0.573. The van der Waals surface area contributed by atoms with Gasteiger partial charge >= 0.3 is 0 Å². The summed E-state index contributed by atoms with van der Waals surface area (Å²) in [4.78, 5) is 0. The van der Waals surface area contributed by atoms with Gasteiger partial charge in [-0.2, -0.15) is 0 Å². The van der Waals surface area contributed by atoms with Crippen LogP contribution in [0.5, 0.6) is 0 Å². The number of hydrogen-bond donors (Lipinski definition) is 1. The van der Waals surface area contributed by atoms with Gasteiger partial charge in [-0.05, 0) is 25.7 Å². The molecule has 0 fully saturated rings. The van der Waals surface area contributed by atoms with Crippen LogP contribution in [0.3, 0.4) is 0 Å². The molecule has 0 rings (SSSR count). The Hall–Kier alpha value is -0.120. The van der Waals surface area contributed by atoms with Crippen molar-refractivity contribution in [1.29, 1.82) is 0 Å². The molecule has 3 nitrogen and oxygen atoms in total. The highest BCUT2D eigenvalue weighted by Gasteiger charge is 2.09. The highest BCUT2D eigenvalue weighted by atomic mass is 16.5. The van der Waals surface area contributed by atoms with Gasteiger partial charge in [-0.1, -0.05) is 27.7 Å². The Morgan fingerprint density at radius 3 is 1.47 bits per heavy atom. The number of hydrogen-bond acceptors (Lipinski definition) is 3. The van der Waals surface area contributed by atoms with Gasteiger partial charge in [-0.25, -0.2) is 0 Å². The lowest BCUT2D eigenvalue weighted by atomic mass is 10.2. The van der Waals surface area contributed by atoms with Crippen molar-refractivity contribution in [2.45, 2.75) is 65.6 Å². The fourth-order valence-electron chi connectivity index (χ4n) is 1.62. The van der Waals surface area contributed by atoms with Crippen LogP contribution < -0.4 is 5.32 Å². The molecule has 0 spiro atoms. The highest BCUT2D eigenvalue weighted by molar-refractivity contribution is 4.64. The van der Waals surface area contributed by atoms with Gasteiger partial charge in [-0.3, -0.25) is 0 Å². The third-order valence-electron chi connectivity index (χ3n) is 2.77. The molecular weight excluding hydrogens is 214 g/mol. The van der Waals surface area contributed by atoms with E-state index in [0.717, 1.165) is 52.0 Å². The molecule has 0 heterocycles. The van der Waals surface area contributed by atoms with Crippen LogP contribution in [0.2, 0.25) is 0 Å². The predicted octanol–water partition coefficient (Wildman–Crippen LogP) is 2.99. The van der Waals surface area contributed by atoms with Crippen LogP contribution in [-0.2, 0) is 9.47 Å². The summed E-state index contributed by atoms with van der Waals surface area (Å²) in [6.45, 7) is 12.2. The van der Waals surface area contributed by atoms with Crippen LogP contribution in [0.1, 0.15) is 53.4 Å². The molecular formula is C14H31NO2. The molecule has 104 valence electrons. The Morgan fingerprint density at radius 2 is 1.18 bits per heavy atom. The average Bonchev–Trinajstić information content (AvgIpc) is 2.37. The molecule has 0 radical (unpaired) electrons. The Bertz CT molecular complexity index is 137. The summed E-state index contributed by atoms with van der Waals surface area (Å²) in [5, 5.41) is 3.46. The van der Waals surface area contributed by atoms with Crippen LogP contribution in [-0.4, -0.2) is 38.5 Å². The molecule has 0 aromatic heterocycles. The zero-order chi connectivity index (χ0) is 12.9. The molecule has 3 heteroatoms. The van der Waals surface area contributed by atoms with Crippen molar-refractivity contribution < 1.29 is 9.47 Å². The summed E-state index contributed by atoms with van der Waals surface area (Å²) in [6, 6.07) is 0. The van der Waals surface area contributed by atoms with E-state index in [4.69, 9.17) is 9.47 Å². The Kier molecular flexibility index (Phi) is 12.3. The van der Waals surface area contributed by atoms with Crippen molar-refractivity contribution in [2.24, 2.45) is 0 Å². The van der Waals surface area contributed by atoms with E-state index in [-0.39, 0.29) is 0 Å². The molecule has 0 aromatic carbocycles. The normalized spacial score (nSPS) is 14.8. The first-order valence-electron chi connectivity index (χ1n) is 7.22. The molecule has 0 amide bonds. The maximum atomic E-state index is 5.73. The number of rotatable bonds is 12. The summed E-state index contributed by atoms with van der Waals surface area (Å²) in [5.74, 6) is 0. The van der Waals surface area contributed by atoms with Crippen LogP contribution in [0, 0.1) is 0 Å². The molecule has 17 heavy (non-hydrogen) atoms. The second-order valence-electron chi connectivity index (χ2n) is 4.46. The Labute approximate surface area is 107 Å². The van der Waals surface area contributed by atoms with E-state index in [1.54, 1.807) is 0 Å². The fourth-order valence-corrected chi connectivity index (χ4v) is 1.62. The van der Waals surface area contributed by atoms with Crippen LogP contribution in [0.4, 0.5) is 0 Å². The lowest BCUT2D eigenvalue weighted by Gasteiger charge is -2.20. The first kappa shape index (κ1) is 16.9. The van der Waals surface area contributed by atoms with Crippen molar-refractivity contribution in [3.05, 3.63) is 0 Å². The van der Waals surface area contributed by atoms with Crippen LogP contribution in [0.25, 0.3) is 0 Å². The van der Waals surface area contributed by atoms with Gasteiger partial charge in [0.15, 0.2) is 0 Å². The minimum atomic E-state index is 0.346. The van der Waals surface area contributed by atoms with Crippen LogP contribution in [0.15, 0.2) is 0 Å². The SMILES string of the molecule is CCCOC(CC)CNCC(CC)OCCC. The largest absolute Gasteiger partial charge is 0.377 e. The van der Waals surface area contributed by atoms with E-state index in [1.165, 1.54) is 0 Å². The zero-order valence-electron chi connectivity index (χ0n) is 12.1. The first-order chi connectivity index (χ1) is 8.28. The molecule has 0 aliphatic rings. The average molecular weight is 245 g/mol. The minimum absolute atomic E-state index is 0.346. The number of ether oxygens (including phenoxy) is 2. The third kappa shape index (κ3) is 9.57. The molecule has 2 atom stereocenters. The minimum Gasteiger partial charge on any atom is -0.377 e. The molecule has 0 saturated heterocycles. The lowest BCUT2D eigenvalue weighted by molar-refractivity contribution is 0.0340. The topological polar surface area (TPSA) is 30.5 Å². The van der Waals surface area contributed by atoms with Gasteiger partial charge < -0.3 is 14.8 Å². The summed E-state index contributed by atoms with van der Waals surface area (Å²) >= 11 is 0. The molecule has 1 N–H and O–H groups in total. The maximum absolute atomic E-state index is 5.73. The fraction of sp³-hybridized carbons (Fsp3) is 1.00. The van der Waals surface area contributed by atoms with Gasteiger partial charge in [0.05, 0.1) is 12.2 Å². The van der Waals surface area contributed by atoms with E-state index in [0.29, 0.717) is 12.2 Å². The van der Waals surface area contributed by atoms with Crippen molar-refractivity contribution in [1.82, 2.24) is 5.32 Å². The van der Waals surface area contributed by atoms with Crippen molar-refractivity contribution in [3.63, 3.8) is 0 Å². The molecule has 0 aromatic rings. The Morgan fingerprint density at radius 1 is 0.765 bits per heavy atom. The molecule has 0 aliphatic carbocycles. The van der Waals surface area contributed by atoms with Crippen molar-refractivity contribution in [3.8, 4) is 0 Å². The molecule has 0 saturated carbocycles. The summed E-state index contributed by atoms with van der Waals surface area (Å²) in [5.41, 5.74) is 0. The lowest BCUT2D eigenvalue weighted by Crippen LogP contribution is -2.35. The summed E-state index contributed by atoms with van der Waals surface area (Å²) < 4.78 is 11.5. The van der Waals surface area contributed by atoms with E-state index in [2.05, 4.69) is 33.0 Å². The third-order valence-corrected chi connectivity index (χ3v) is 2.77. The maximum Gasteiger partial charge on any atom is 0.0696 e. The summed E-state index contributed by atoms with van der Waals surface area (Å²) in [7, 11) is 0. The molecule has 2 unspecified atom stereocenters. The second kappa shape index (κ2) is 12.3. The summed E-state index contributed by atoms with van der Waals surface area (Å²) in [6.07, 6.45) is 5.01. The first-order valence-corrected chi connectivity index (χ1v) is 7.22. The smallest absolute Gasteiger partial charge is 0.0696 e. The van der Waals surface area contributed by atoms with Gasteiger partial charge in [0.25, 0.3) is 0 Å². The van der Waals surface area contributed by atoms with Crippen molar-refractivity contribution >= 4 is 0 Å². The second-order valence-corrected chi connectivity index (χ2v) is 4.46. The van der Waals surface area contributed by atoms with E-state index in [9.17, 15) is 0 Å². The van der Waals surface area contributed by atoms with Crippen LogP contribution >= 0.6 is 0 Å². The van der Waals surface area contributed by atoms with Crippen molar-refractivity contribution in [2.75, 3.05) is 26.3 Å². The monoisotopic (exact) mass is 245 g/mol. The van der Waals surface area contributed by atoms with Gasteiger partial charge in [-0.15, -0.1) is 0 Å². The van der Waals surface area contributed by atoms with E-state index < -0.39 is 0 Å².